The Morgan fingerprint density at radius 2 is 2.09 bits per heavy atom. The zero-order valence-corrected chi connectivity index (χ0v) is 13.1. The van der Waals surface area contributed by atoms with Crippen LogP contribution in [0.25, 0.3) is 21.7 Å². The van der Waals surface area contributed by atoms with E-state index in [1.54, 1.807) is 13.2 Å². The summed E-state index contributed by atoms with van der Waals surface area (Å²) in [5.41, 5.74) is 10.2. The first-order valence-corrected chi connectivity index (χ1v) is 8.27. The molecule has 4 rings (SSSR count). The molecular weight excluding hydrogens is 296 g/mol. The van der Waals surface area contributed by atoms with Crippen LogP contribution in [0.5, 0.6) is 0 Å². The van der Waals surface area contributed by atoms with Crippen molar-refractivity contribution in [3.8, 4) is 11.5 Å². The number of nitrogen functional groups attached to an aromatic ring is 1. The molecule has 0 fully saturated rings. The number of carbonyl (C=O) groups is 1. The third-order valence-corrected chi connectivity index (χ3v) is 5.47. The molecule has 4 nitrogen and oxygen atoms in total. The smallest absolute Gasteiger partial charge is 0.171 e. The molecule has 0 saturated heterocycles. The minimum atomic E-state index is 0.00427. The van der Waals surface area contributed by atoms with Gasteiger partial charge in [0.25, 0.3) is 0 Å². The number of hydrogen-bond donors (Lipinski definition) is 1. The average molecular weight is 312 g/mol. The summed E-state index contributed by atoms with van der Waals surface area (Å²) in [6, 6.07) is 3.81. The van der Waals surface area contributed by atoms with Crippen LogP contribution in [-0.4, -0.2) is 10.8 Å². The van der Waals surface area contributed by atoms with Crippen molar-refractivity contribution in [2.75, 3.05) is 5.73 Å². The number of nitrogens with zero attached hydrogens (tertiary/aromatic N) is 1. The van der Waals surface area contributed by atoms with Crippen molar-refractivity contribution in [1.82, 2.24) is 4.98 Å². The summed E-state index contributed by atoms with van der Waals surface area (Å²) in [7, 11) is 0. The fourth-order valence-corrected chi connectivity index (χ4v) is 4.31. The molecule has 0 saturated carbocycles. The van der Waals surface area contributed by atoms with Crippen LogP contribution < -0.4 is 5.73 Å². The molecule has 0 spiro atoms. The van der Waals surface area contributed by atoms with Crippen LogP contribution in [0.4, 0.5) is 5.69 Å². The molecule has 3 heterocycles. The standard InChI is InChI=1S/C17H16N2O2S/c1-9(20)16-14(18)13-10-5-2-3-6-11(10)15(19-17(13)22-16)12-7-4-8-21-12/h4,7-8H,2-3,5-6,18H2,1H3. The predicted molar refractivity (Wildman–Crippen MR) is 88.4 cm³/mol. The van der Waals surface area contributed by atoms with Gasteiger partial charge in [0.2, 0.25) is 0 Å². The van der Waals surface area contributed by atoms with Crippen molar-refractivity contribution >= 4 is 33.0 Å². The fraction of sp³-hybridized carbons (Fsp3) is 0.294. The number of pyridine rings is 1. The summed E-state index contributed by atoms with van der Waals surface area (Å²) in [6.07, 6.45) is 5.94. The Balaban J connectivity index is 2.09. The lowest BCUT2D eigenvalue weighted by Gasteiger charge is -2.19. The quantitative estimate of drug-likeness (QED) is 0.719. The van der Waals surface area contributed by atoms with Crippen LogP contribution in [0.3, 0.4) is 0 Å². The third-order valence-electron chi connectivity index (χ3n) is 4.27. The Hall–Kier alpha value is -2.14. The molecule has 0 atom stereocenters. The predicted octanol–water partition coefficient (Wildman–Crippen LogP) is 4.22. The molecule has 22 heavy (non-hydrogen) atoms. The van der Waals surface area contributed by atoms with Gasteiger partial charge in [0.1, 0.15) is 10.5 Å². The summed E-state index contributed by atoms with van der Waals surface area (Å²) in [4.78, 5) is 18.0. The van der Waals surface area contributed by atoms with Crippen molar-refractivity contribution in [2.24, 2.45) is 0 Å². The Morgan fingerprint density at radius 1 is 1.32 bits per heavy atom. The number of rotatable bonds is 2. The molecule has 0 bridgehead atoms. The lowest BCUT2D eigenvalue weighted by Crippen LogP contribution is -2.07. The van der Waals surface area contributed by atoms with E-state index in [1.165, 1.54) is 22.5 Å². The minimum absolute atomic E-state index is 0.00427. The van der Waals surface area contributed by atoms with Crippen molar-refractivity contribution in [1.29, 1.82) is 0 Å². The first-order valence-electron chi connectivity index (χ1n) is 7.45. The normalized spacial score (nSPS) is 14.2. The number of hydrogen-bond acceptors (Lipinski definition) is 5. The summed E-state index contributed by atoms with van der Waals surface area (Å²) >= 11 is 1.39. The number of carbonyl (C=O) groups excluding carboxylic acids is 1. The van der Waals surface area contributed by atoms with E-state index < -0.39 is 0 Å². The minimum Gasteiger partial charge on any atom is -0.463 e. The second kappa shape index (κ2) is 4.95. The Bertz CT molecular complexity index is 878. The first kappa shape index (κ1) is 13.5. The molecule has 0 radical (unpaired) electrons. The molecule has 3 aromatic rings. The summed E-state index contributed by atoms with van der Waals surface area (Å²) < 4.78 is 5.56. The fourth-order valence-electron chi connectivity index (χ4n) is 3.29. The topological polar surface area (TPSA) is 69.1 Å². The number of thiophene rings is 1. The van der Waals surface area contributed by atoms with E-state index in [4.69, 9.17) is 15.1 Å². The lowest BCUT2D eigenvalue weighted by molar-refractivity contribution is 0.102. The number of aromatic nitrogens is 1. The van der Waals surface area contributed by atoms with E-state index in [9.17, 15) is 4.79 Å². The average Bonchev–Trinajstić information content (AvgIpc) is 3.14. The van der Waals surface area contributed by atoms with Gasteiger partial charge < -0.3 is 10.2 Å². The molecule has 2 N–H and O–H groups in total. The Morgan fingerprint density at radius 3 is 2.77 bits per heavy atom. The second-order valence-electron chi connectivity index (χ2n) is 5.68. The highest BCUT2D eigenvalue weighted by Gasteiger charge is 2.25. The number of fused-ring (bicyclic) bond motifs is 3. The molecular formula is C17H16N2O2S. The van der Waals surface area contributed by atoms with Gasteiger partial charge in [-0.05, 0) is 48.9 Å². The monoisotopic (exact) mass is 312 g/mol. The number of anilines is 1. The highest BCUT2D eigenvalue weighted by Crippen LogP contribution is 2.42. The van der Waals surface area contributed by atoms with E-state index >= 15 is 0 Å². The van der Waals surface area contributed by atoms with Gasteiger partial charge in [-0.2, -0.15) is 0 Å². The Labute approximate surface area is 132 Å². The molecule has 0 aromatic carbocycles. The maximum Gasteiger partial charge on any atom is 0.171 e. The van der Waals surface area contributed by atoms with Gasteiger partial charge >= 0.3 is 0 Å². The number of aryl methyl sites for hydroxylation is 1. The van der Waals surface area contributed by atoms with Crippen LogP contribution >= 0.6 is 11.3 Å². The van der Waals surface area contributed by atoms with E-state index in [1.807, 2.05) is 12.1 Å². The van der Waals surface area contributed by atoms with E-state index in [0.717, 1.165) is 47.4 Å². The van der Waals surface area contributed by atoms with Crippen LogP contribution in [0.2, 0.25) is 0 Å². The van der Waals surface area contributed by atoms with Gasteiger partial charge in [-0.25, -0.2) is 4.98 Å². The molecule has 0 amide bonds. The molecule has 3 aromatic heterocycles. The van der Waals surface area contributed by atoms with Gasteiger partial charge in [0.05, 0.1) is 16.8 Å². The van der Waals surface area contributed by atoms with E-state index in [-0.39, 0.29) is 5.78 Å². The van der Waals surface area contributed by atoms with Gasteiger partial charge in [0.15, 0.2) is 11.5 Å². The maximum absolute atomic E-state index is 11.8. The summed E-state index contributed by atoms with van der Waals surface area (Å²) in [6.45, 7) is 1.56. The molecule has 5 heteroatoms. The summed E-state index contributed by atoms with van der Waals surface area (Å²) in [5.74, 6) is 0.793. The highest BCUT2D eigenvalue weighted by molar-refractivity contribution is 7.21. The van der Waals surface area contributed by atoms with Gasteiger partial charge in [-0.15, -0.1) is 11.3 Å². The van der Waals surface area contributed by atoms with Crippen LogP contribution in [-0.2, 0) is 12.8 Å². The van der Waals surface area contributed by atoms with E-state index in [2.05, 4.69) is 0 Å². The third kappa shape index (κ3) is 1.89. The van der Waals surface area contributed by atoms with Crippen LogP contribution in [0.15, 0.2) is 22.8 Å². The van der Waals surface area contributed by atoms with Gasteiger partial charge in [0, 0.05) is 12.3 Å². The molecule has 1 aliphatic carbocycles. The molecule has 0 aliphatic heterocycles. The van der Waals surface area contributed by atoms with Gasteiger partial charge in [-0.3, -0.25) is 4.79 Å². The van der Waals surface area contributed by atoms with Gasteiger partial charge in [-0.1, -0.05) is 0 Å². The highest BCUT2D eigenvalue weighted by atomic mass is 32.1. The zero-order chi connectivity index (χ0) is 15.3. The number of ketones is 1. The molecule has 1 aliphatic rings. The Kier molecular flexibility index (Phi) is 3.04. The lowest BCUT2D eigenvalue weighted by atomic mass is 9.88. The molecule has 112 valence electrons. The maximum atomic E-state index is 11.8. The van der Waals surface area contributed by atoms with Crippen molar-refractivity contribution in [2.45, 2.75) is 32.6 Å². The van der Waals surface area contributed by atoms with Crippen molar-refractivity contribution < 1.29 is 9.21 Å². The first-order chi connectivity index (χ1) is 10.7. The second-order valence-corrected chi connectivity index (χ2v) is 6.68. The zero-order valence-electron chi connectivity index (χ0n) is 12.3. The van der Waals surface area contributed by atoms with Crippen LogP contribution in [0, 0.1) is 0 Å². The van der Waals surface area contributed by atoms with Crippen molar-refractivity contribution in [3.05, 3.63) is 34.4 Å². The number of furan rings is 1. The SMILES string of the molecule is CC(=O)c1sc2nc(-c3ccco3)c3c(c2c1N)CCCC3. The number of Topliss-reactive ketones (excluding diaryl/α,β-unsaturated/α-hetero) is 1. The number of nitrogens with two attached hydrogens (primary N) is 1. The van der Waals surface area contributed by atoms with Crippen molar-refractivity contribution in [3.63, 3.8) is 0 Å². The molecule has 0 unspecified atom stereocenters. The van der Waals surface area contributed by atoms with Crippen LogP contribution in [0.1, 0.15) is 40.6 Å². The largest absolute Gasteiger partial charge is 0.463 e. The summed E-state index contributed by atoms with van der Waals surface area (Å²) in [5, 5.41) is 0.986. The van der Waals surface area contributed by atoms with E-state index in [0.29, 0.717) is 10.6 Å².